The molecule has 9 heteroatoms. The Hall–Kier alpha value is -2.87. The van der Waals surface area contributed by atoms with Gasteiger partial charge in [-0.2, -0.15) is 10.2 Å². The lowest BCUT2D eigenvalue weighted by Crippen LogP contribution is -2.18. The van der Waals surface area contributed by atoms with Crippen molar-refractivity contribution in [2.45, 2.75) is 0 Å². The summed E-state index contributed by atoms with van der Waals surface area (Å²) in [5.41, 5.74) is 13.1. The number of pyridine rings is 2. The molecule has 0 aliphatic carbocycles. The van der Waals surface area contributed by atoms with Gasteiger partial charge < -0.3 is 23.2 Å². The van der Waals surface area contributed by atoms with Crippen LogP contribution in [0.1, 0.15) is 11.4 Å². The Kier molecular flexibility index (Phi) is 4.19. The van der Waals surface area contributed by atoms with E-state index in [1.165, 1.54) is 0 Å². The van der Waals surface area contributed by atoms with Gasteiger partial charge in [-0.1, -0.05) is 17.7 Å². The normalized spacial score (nSPS) is 12.4. The molecule has 0 unspecified atom stereocenters. The SMILES string of the molecule is N/N=C(\N)c1cccc(-c2cc(Cl)cc(/C(N)=N/N)n2)n1. The summed E-state index contributed by atoms with van der Waals surface area (Å²) in [5.74, 6) is 10.5. The fourth-order valence-electron chi connectivity index (χ4n) is 1.61. The van der Waals surface area contributed by atoms with Crippen molar-refractivity contribution in [1.29, 1.82) is 0 Å². The van der Waals surface area contributed by atoms with E-state index in [0.717, 1.165) is 0 Å². The minimum absolute atomic E-state index is 0.0675. The van der Waals surface area contributed by atoms with Crippen LogP contribution >= 0.6 is 11.6 Å². The maximum absolute atomic E-state index is 6.04. The molecule has 0 radical (unpaired) electrons. The zero-order valence-corrected chi connectivity index (χ0v) is 11.6. The van der Waals surface area contributed by atoms with Crippen LogP contribution in [0.4, 0.5) is 0 Å². The Bertz CT molecular complexity index is 725. The first kappa shape index (κ1) is 14.5. The van der Waals surface area contributed by atoms with E-state index in [2.05, 4.69) is 20.2 Å². The van der Waals surface area contributed by atoms with E-state index in [4.69, 9.17) is 34.8 Å². The summed E-state index contributed by atoms with van der Waals surface area (Å²) in [6, 6.07) is 8.35. The molecule has 108 valence electrons. The third-order valence-electron chi connectivity index (χ3n) is 2.60. The number of nitrogens with zero attached hydrogens (tertiary/aromatic N) is 4. The second-order valence-electron chi connectivity index (χ2n) is 3.99. The molecule has 2 rings (SSSR count). The van der Waals surface area contributed by atoms with Crippen molar-refractivity contribution in [3.8, 4) is 11.4 Å². The lowest BCUT2D eigenvalue weighted by atomic mass is 10.2. The van der Waals surface area contributed by atoms with E-state index in [-0.39, 0.29) is 11.7 Å². The predicted molar refractivity (Wildman–Crippen MR) is 82.3 cm³/mol. The Balaban J connectivity index is 2.54. The van der Waals surface area contributed by atoms with Crippen LogP contribution in [0.5, 0.6) is 0 Å². The molecule has 21 heavy (non-hydrogen) atoms. The van der Waals surface area contributed by atoms with Crippen LogP contribution in [-0.2, 0) is 0 Å². The van der Waals surface area contributed by atoms with Crippen LogP contribution < -0.4 is 23.2 Å². The van der Waals surface area contributed by atoms with Crippen molar-refractivity contribution in [1.82, 2.24) is 9.97 Å². The van der Waals surface area contributed by atoms with Gasteiger partial charge in [-0.25, -0.2) is 9.97 Å². The molecule has 0 atom stereocenters. The second kappa shape index (κ2) is 6.06. The number of amidine groups is 2. The summed E-state index contributed by atoms with van der Waals surface area (Å²) >= 11 is 6.04. The lowest BCUT2D eigenvalue weighted by molar-refractivity contribution is 1.17. The van der Waals surface area contributed by atoms with Crippen molar-refractivity contribution in [2.24, 2.45) is 33.4 Å². The van der Waals surface area contributed by atoms with Gasteiger partial charge in [0.25, 0.3) is 0 Å². The molecule has 2 aromatic rings. The van der Waals surface area contributed by atoms with Crippen LogP contribution in [0.2, 0.25) is 5.02 Å². The first-order chi connectivity index (χ1) is 10.0. The maximum atomic E-state index is 6.04. The molecule has 0 aliphatic rings. The molecule has 0 saturated heterocycles. The van der Waals surface area contributed by atoms with Gasteiger partial charge in [-0.15, -0.1) is 0 Å². The van der Waals surface area contributed by atoms with Crippen molar-refractivity contribution < 1.29 is 0 Å². The van der Waals surface area contributed by atoms with E-state index in [9.17, 15) is 0 Å². The van der Waals surface area contributed by atoms with Crippen LogP contribution in [0.15, 0.2) is 40.5 Å². The fraction of sp³-hybridized carbons (Fsp3) is 0. The van der Waals surface area contributed by atoms with E-state index >= 15 is 0 Å². The van der Waals surface area contributed by atoms with Crippen molar-refractivity contribution in [3.63, 3.8) is 0 Å². The van der Waals surface area contributed by atoms with Crippen LogP contribution in [0.3, 0.4) is 0 Å². The topological polar surface area (TPSA) is 155 Å². The standard InChI is InChI=1S/C12H13ClN8/c13-6-4-9(19-10(5-6)12(15)21-17)7-2-1-3-8(18-7)11(14)20-16/h1-5H,16-17H2,(H2,14,20)(H2,15,21). The summed E-state index contributed by atoms with van der Waals surface area (Å²) in [6.45, 7) is 0. The third-order valence-corrected chi connectivity index (χ3v) is 2.82. The maximum Gasteiger partial charge on any atom is 0.169 e. The van der Waals surface area contributed by atoms with Gasteiger partial charge in [0.1, 0.15) is 11.4 Å². The Morgan fingerprint density at radius 2 is 1.52 bits per heavy atom. The first-order valence-corrected chi connectivity index (χ1v) is 6.15. The summed E-state index contributed by atoms with van der Waals surface area (Å²) in [4.78, 5) is 8.62. The summed E-state index contributed by atoms with van der Waals surface area (Å²) in [5, 5.41) is 7.22. The van der Waals surface area contributed by atoms with Crippen molar-refractivity contribution in [3.05, 3.63) is 46.7 Å². The minimum Gasteiger partial charge on any atom is -0.380 e. The summed E-state index contributed by atoms with van der Waals surface area (Å²) in [6.07, 6.45) is 0. The number of nitrogens with two attached hydrogens (primary N) is 4. The third kappa shape index (κ3) is 3.18. The van der Waals surface area contributed by atoms with E-state index < -0.39 is 0 Å². The molecule has 0 spiro atoms. The van der Waals surface area contributed by atoms with Crippen molar-refractivity contribution in [2.75, 3.05) is 0 Å². The fourth-order valence-corrected chi connectivity index (χ4v) is 1.82. The number of hydrogen-bond donors (Lipinski definition) is 4. The molecule has 0 amide bonds. The van der Waals surface area contributed by atoms with Gasteiger partial charge >= 0.3 is 0 Å². The predicted octanol–water partition coefficient (Wildman–Crippen LogP) is -0.0450. The molecule has 8 nitrogen and oxygen atoms in total. The van der Waals surface area contributed by atoms with E-state index in [1.807, 2.05) is 0 Å². The molecule has 0 saturated carbocycles. The highest BCUT2D eigenvalue weighted by Crippen LogP contribution is 2.20. The van der Waals surface area contributed by atoms with Gasteiger partial charge in [-0.05, 0) is 24.3 Å². The summed E-state index contributed by atoms with van der Waals surface area (Å²) < 4.78 is 0. The lowest BCUT2D eigenvalue weighted by Gasteiger charge is -2.06. The number of aromatic nitrogens is 2. The number of rotatable bonds is 3. The summed E-state index contributed by atoms with van der Waals surface area (Å²) in [7, 11) is 0. The van der Waals surface area contributed by atoms with Gasteiger partial charge in [-0.3, -0.25) is 0 Å². The van der Waals surface area contributed by atoms with Gasteiger partial charge in [0.2, 0.25) is 0 Å². The van der Waals surface area contributed by atoms with Gasteiger partial charge in [0, 0.05) is 5.02 Å². The van der Waals surface area contributed by atoms with Gasteiger partial charge in [0.15, 0.2) is 11.7 Å². The van der Waals surface area contributed by atoms with Gasteiger partial charge in [0.05, 0.1) is 11.4 Å². The highest BCUT2D eigenvalue weighted by atomic mass is 35.5. The largest absolute Gasteiger partial charge is 0.380 e. The minimum atomic E-state index is 0.0675. The molecule has 8 N–H and O–H groups in total. The van der Waals surface area contributed by atoms with Crippen LogP contribution in [-0.4, -0.2) is 21.6 Å². The second-order valence-corrected chi connectivity index (χ2v) is 4.43. The Labute approximate surface area is 125 Å². The van der Waals surface area contributed by atoms with E-state index in [0.29, 0.717) is 27.8 Å². The smallest absolute Gasteiger partial charge is 0.169 e. The zero-order valence-electron chi connectivity index (χ0n) is 10.9. The Morgan fingerprint density at radius 1 is 0.905 bits per heavy atom. The monoisotopic (exact) mass is 304 g/mol. The molecule has 0 bridgehead atoms. The highest BCUT2D eigenvalue weighted by Gasteiger charge is 2.09. The molecule has 0 aromatic carbocycles. The molecule has 2 heterocycles. The number of halogens is 1. The molecule has 2 aromatic heterocycles. The molecular weight excluding hydrogens is 292 g/mol. The average Bonchev–Trinajstić information content (AvgIpc) is 2.52. The van der Waals surface area contributed by atoms with Crippen LogP contribution in [0.25, 0.3) is 11.4 Å². The van der Waals surface area contributed by atoms with Crippen LogP contribution in [0, 0.1) is 0 Å². The molecular formula is C12H13ClN8. The molecule has 0 fully saturated rings. The number of hydrazone groups is 2. The molecule has 0 aliphatic heterocycles. The number of hydrogen-bond acceptors (Lipinski definition) is 6. The van der Waals surface area contributed by atoms with Crippen molar-refractivity contribution >= 4 is 23.3 Å². The van der Waals surface area contributed by atoms with E-state index in [1.54, 1.807) is 30.3 Å². The first-order valence-electron chi connectivity index (χ1n) is 5.77. The highest BCUT2D eigenvalue weighted by molar-refractivity contribution is 6.31. The quantitative estimate of drug-likeness (QED) is 0.270. The Morgan fingerprint density at radius 3 is 2.19 bits per heavy atom. The average molecular weight is 305 g/mol. The zero-order chi connectivity index (χ0) is 15.4.